The van der Waals surface area contributed by atoms with Crippen molar-refractivity contribution < 1.29 is 9.59 Å². The number of nitrogens with one attached hydrogen (secondary N) is 3. The number of carbonyl (C=O) groups is 2. The van der Waals surface area contributed by atoms with Crippen molar-refractivity contribution in [1.82, 2.24) is 10.6 Å². The van der Waals surface area contributed by atoms with Crippen molar-refractivity contribution in [2.75, 3.05) is 23.5 Å². The van der Waals surface area contributed by atoms with Crippen molar-refractivity contribution in [2.45, 2.75) is 13.0 Å². The second-order valence-electron chi connectivity index (χ2n) is 4.20. The molecule has 1 aromatic rings. The van der Waals surface area contributed by atoms with Crippen molar-refractivity contribution in [3.05, 3.63) is 29.8 Å². The summed E-state index contributed by atoms with van der Waals surface area (Å²) in [6.45, 7) is 2.47. The summed E-state index contributed by atoms with van der Waals surface area (Å²) in [4.78, 5) is 23.4. The standard InChI is InChI=1S/C13H17N3O2S.ClH/c1-2-14-12(17)9-3-5-10(6-4-9)16-13(18)11-7-19-8-15-11;/h3-6,11,15H,2,7-8H2,1H3,(H,14,17)(H,16,18);1H. The van der Waals surface area contributed by atoms with Gasteiger partial charge in [-0.1, -0.05) is 0 Å². The predicted molar refractivity (Wildman–Crippen MR) is 84.6 cm³/mol. The van der Waals surface area contributed by atoms with E-state index in [9.17, 15) is 9.59 Å². The van der Waals surface area contributed by atoms with Gasteiger partial charge in [-0.25, -0.2) is 0 Å². The molecule has 5 nitrogen and oxygen atoms in total. The number of rotatable bonds is 4. The first-order chi connectivity index (χ1) is 9.20. The third-order valence-electron chi connectivity index (χ3n) is 2.78. The van der Waals surface area contributed by atoms with Crippen LogP contribution in [-0.2, 0) is 4.79 Å². The van der Waals surface area contributed by atoms with Crippen LogP contribution in [0.25, 0.3) is 0 Å². The van der Waals surface area contributed by atoms with Gasteiger partial charge in [0.05, 0.1) is 6.04 Å². The van der Waals surface area contributed by atoms with Crippen LogP contribution >= 0.6 is 24.2 Å². The van der Waals surface area contributed by atoms with Crippen LogP contribution in [-0.4, -0.2) is 36.0 Å². The fourth-order valence-electron chi connectivity index (χ4n) is 1.76. The summed E-state index contributed by atoms with van der Waals surface area (Å²) < 4.78 is 0. The molecule has 2 amide bonds. The van der Waals surface area contributed by atoms with Crippen molar-refractivity contribution in [2.24, 2.45) is 0 Å². The van der Waals surface area contributed by atoms with E-state index in [0.29, 0.717) is 17.8 Å². The summed E-state index contributed by atoms with van der Waals surface area (Å²) in [7, 11) is 0. The number of hydrogen-bond acceptors (Lipinski definition) is 4. The van der Waals surface area contributed by atoms with E-state index in [4.69, 9.17) is 0 Å². The highest BCUT2D eigenvalue weighted by Crippen LogP contribution is 2.13. The summed E-state index contributed by atoms with van der Waals surface area (Å²) in [5.74, 6) is 1.47. The molecule has 0 saturated carbocycles. The first kappa shape index (κ1) is 16.8. The first-order valence-electron chi connectivity index (χ1n) is 6.21. The largest absolute Gasteiger partial charge is 0.352 e. The van der Waals surface area contributed by atoms with Gasteiger partial charge in [0, 0.05) is 29.4 Å². The third-order valence-corrected chi connectivity index (χ3v) is 3.72. The van der Waals surface area contributed by atoms with E-state index in [1.54, 1.807) is 36.0 Å². The van der Waals surface area contributed by atoms with Crippen molar-refractivity contribution >= 4 is 41.7 Å². The highest BCUT2D eigenvalue weighted by atomic mass is 35.5. The molecule has 1 aliphatic heterocycles. The molecule has 110 valence electrons. The van der Waals surface area contributed by atoms with Gasteiger partial charge in [0.15, 0.2) is 0 Å². The van der Waals surface area contributed by atoms with E-state index in [1.165, 1.54) is 0 Å². The van der Waals surface area contributed by atoms with E-state index in [2.05, 4.69) is 16.0 Å². The van der Waals surface area contributed by atoms with Crippen LogP contribution in [0.3, 0.4) is 0 Å². The molecule has 2 rings (SSSR count). The second-order valence-corrected chi connectivity index (χ2v) is 5.23. The van der Waals surface area contributed by atoms with Gasteiger partial charge in [-0.05, 0) is 31.2 Å². The van der Waals surface area contributed by atoms with Crippen LogP contribution in [0.2, 0.25) is 0 Å². The summed E-state index contributed by atoms with van der Waals surface area (Å²) >= 11 is 1.71. The molecule has 3 N–H and O–H groups in total. The van der Waals surface area contributed by atoms with Crippen LogP contribution in [0, 0.1) is 0 Å². The van der Waals surface area contributed by atoms with Gasteiger partial charge < -0.3 is 10.6 Å². The lowest BCUT2D eigenvalue weighted by molar-refractivity contribution is -0.117. The van der Waals surface area contributed by atoms with Gasteiger partial charge >= 0.3 is 0 Å². The summed E-state index contributed by atoms with van der Waals surface area (Å²) in [5, 5.41) is 8.67. The van der Waals surface area contributed by atoms with E-state index in [1.807, 2.05) is 6.92 Å². The van der Waals surface area contributed by atoms with Crippen molar-refractivity contribution in [3.8, 4) is 0 Å². The minimum absolute atomic E-state index is 0. The Labute approximate surface area is 128 Å². The van der Waals surface area contributed by atoms with E-state index in [0.717, 1.165) is 11.6 Å². The maximum Gasteiger partial charge on any atom is 0.251 e. The van der Waals surface area contributed by atoms with Gasteiger partial charge in [-0.15, -0.1) is 24.2 Å². The topological polar surface area (TPSA) is 70.2 Å². The molecule has 1 fully saturated rings. The van der Waals surface area contributed by atoms with Gasteiger partial charge in [0.2, 0.25) is 5.91 Å². The van der Waals surface area contributed by atoms with Crippen LogP contribution in [0.1, 0.15) is 17.3 Å². The molecule has 1 saturated heterocycles. The molecule has 1 atom stereocenters. The van der Waals surface area contributed by atoms with Gasteiger partial charge in [0.25, 0.3) is 5.91 Å². The average Bonchev–Trinajstić information content (AvgIpc) is 2.94. The fraction of sp³-hybridized carbons (Fsp3) is 0.385. The Bertz CT molecular complexity index is 461. The molecule has 1 unspecified atom stereocenters. The number of benzene rings is 1. The minimum Gasteiger partial charge on any atom is -0.352 e. The molecule has 1 aromatic carbocycles. The fourth-order valence-corrected chi connectivity index (χ4v) is 2.70. The van der Waals surface area contributed by atoms with Crippen LogP contribution in [0.15, 0.2) is 24.3 Å². The third kappa shape index (κ3) is 4.40. The smallest absolute Gasteiger partial charge is 0.251 e. The summed E-state index contributed by atoms with van der Waals surface area (Å²) in [6, 6.07) is 6.76. The van der Waals surface area contributed by atoms with Gasteiger partial charge in [-0.2, -0.15) is 0 Å². The van der Waals surface area contributed by atoms with Crippen LogP contribution in [0.4, 0.5) is 5.69 Å². The zero-order chi connectivity index (χ0) is 13.7. The Morgan fingerprint density at radius 1 is 1.35 bits per heavy atom. The molecule has 0 bridgehead atoms. The summed E-state index contributed by atoms with van der Waals surface area (Å²) in [5.41, 5.74) is 1.30. The van der Waals surface area contributed by atoms with Gasteiger partial charge in [0.1, 0.15) is 0 Å². The second kappa shape index (κ2) is 8.14. The lowest BCUT2D eigenvalue weighted by atomic mass is 10.2. The Morgan fingerprint density at radius 3 is 2.60 bits per heavy atom. The highest BCUT2D eigenvalue weighted by Gasteiger charge is 2.22. The average molecular weight is 316 g/mol. The number of thioether (sulfide) groups is 1. The number of carbonyl (C=O) groups excluding carboxylic acids is 2. The molecule has 0 aromatic heterocycles. The SMILES string of the molecule is CCNC(=O)c1ccc(NC(=O)C2CSCN2)cc1.Cl. The quantitative estimate of drug-likeness (QED) is 0.787. The molecule has 0 spiro atoms. The van der Waals surface area contributed by atoms with Crippen molar-refractivity contribution in [1.29, 1.82) is 0 Å². The van der Waals surface area contributed by atoms with E-state index >= 15 is 0 Å². The molecular weight excluding hydrogens is 298 g/mol. The lowest BCUT2D eigenvalue weighted by Gasteiger charge is -2.10. The summed E-state index contributed by atoms with van der Waals surface area (Å²) in [6.07, 6.45) is 0. The van der Waals surface area contributed by atoms with E-state index in [-0.39, 0.29) is 30.3 Å². The predicted octanol–water partition coefficient (Wildman–Crippen LogP) is 1.46. The zero-order valence-electron chi connectivity index (χ0n) is 11.1. The Hall–Kier alpha value is -1.24. The van der Waals surface area contributed by atoms with Gasteiger partial charge in [-0.3, -0.25) is 14.9 Å². The monoisotopic (exact) mass is 315 g/mol. The first-order valence-corrected chi connectivity index (χ1v) is 7.36. The van der Waals surface area contributed by atoms with Crippen LogP contribution < -0.4 is 16.0 Å². The number of hydrogen-bond donors (Lipinski definition) is 3. The zero-order valence-corrected chi connectivity index (χ0v) is 12.8. The maximum atomic E-state index is 11.9. The number of amides is 2. The number of halogens is 1. The molecule has 7 heteroatoms. The molecule has 1 heterocycles. The maximum absolute atomic E-state index is 11.9. The minimum atomic E-state index is -0.131. The molecule has 0 radical (unpaired) electrons. The molecule has 20 heavy (non-hydrogen) atoms. The molecular formula is C13H18ClN3O2S. The molecule has 0 aliphatic carbocycles. The Kier molecular flexibility index (Phi) is 6.84. The van der Waals surface area contributed by atoms with Crippen molar-refractivity contribution in [3.63, 3.8) is 0 Å². The normalized spacial score (nSPS) is 17.1. The highest BCUT2D eigenvalue weighted by molar-refractivity contribution is 7.99. The molecule has 1 aliphatic rings. The van der Waals surface area contributed by atoms with Crippen LogP contribution in [0.5, 0.6) is 0 Å². The Balaban J connectivity index is 0.00000200. The van der Waals surface area contributed by atoms with E-state index < -0.39 is 0 Å². The lowest BCUT2D eigenvalue weighted by Crippen LogP contribution is -2.37. The number of anilines is 1. The Morgan fingerprint density at radius 2 is 2.05 bits per heavy atom.